The molecule has 6 nitrogen and oxygen atoms in total. The summed E-state index contributed by atoms with van der Waals surface area (Å²) in [7, 11) is 0. The van der Waals surface area contributed by atoms with Crippen molar-refractivity contribution in [3.8, 4) is 11.1 Å². The van der Waals surface area contributed by atoms with Gasteiger partial charge in [-0.25, -0.2) is 9.59 Å². The summed E-state index contributed by atoms with van der Waals surface area (Å²) in [6.07, 6.45) is 1.14. The van der Waals surface area contributed by atoms with Crippen molar-refractivity contribution in [3.63, 3.8) is 0 Å². The lowest BCUT2D eigenvalue weighted by Gasteiger charge is -2.16. The first-order valence-electron chi connectivity index (χ1n) is 9.76. The van der Waals surface area contributed by atoms with Gasteiger partial charge in [-0.15, -0.1) is 0 Å². The van der Waals surface area contributed by atoms with Crippen LogP contribution in [0.25, 0.3) is 11.1 Å². The summed E-state index contributed by atoms with van der Waals surface area (Å²) >= 11 is 0. The molecule has 0 aliphatic rings. The van der Waals surface area contributed by atoms with Crippen molar-refractivity contribution in [2.75, 3.05) is 17.2 Å². The first-order valence-corrected chi connectivity index (χ1v) is 9.76. The molecule has 3 rings (SSSR count). The van der Waals surface area contributed by atoms with Gasteiger partial charge < -0.3 is 20.8 Å². The van der Waals surface area contributed by atoms with Gasteiger partial charge in [0.05, 0.1) is 5.56 Å². The highest BCUT2D eigenvalue weighted by molar-refractivity contribution is 6.01. The van der Waals surface area contributed by atoms with E-state index in [9.17, 15) is 14.7 Å². The van der Waals surface area contributed by atoms with Crippen molar-refractivity contribution in [2.24, 2.45) is 0 Å². The number of rotatable bonds is 7. The zero-order valence-electron chi connectivity index (χ0n) is 16.7. The first-order chi connectivity index (χ1) is 14.5. The number of carboxylic acid groups (broad SMARTS) is 1. The summed E-state index contributed by atoms with van der Waals surface area (Å²) in [5, 5.41) is 24.1. The fraction of sp³-hybridized carbons (Fsp3) is 0.167. The predicted molar refractivity (Wildman–Crippen MR) is 118 cm³/mol. The van der Waals surface area contributed by atoms with Gasteiger partial charge in [0.15, 0.2) is 0 Å². The minimum absolute atomic E-state index is 0.00298. The van der Waals surface area contributed by atoms with E-state index >= 15 is 0 Å². The van der Waals surface area contributed by atoms with Gasteiger partial charge in [0.1, 0.15) is 0 Å². The lowest BCUT2D eigenvalue weighted by Crippen LogP contribution is -2.21. The molecule has 0 atom stereocenters. The molecule has 0 unspecified atom stereocenters. The quantitative estimate of drug-likeness (QED) is 0.455. The van der Waals surface area contributed by atoms with Crippen molar-refractivity contribution < 1.29 is 19.8 Å². The minimum atomic E-state index is -0.967. The van der Waals surface area contributed by atoms with Crippen molar-refractivity contribution in [1.82, 2.24) is 0 Å². The number of hydrogen-bond acceptors (Lipinski definition) is 3. The topological polar surface area (TPSA) is 98.7 Å². The van der Waals surface area contributed by atoms with Crippen LogP contribution in [0.1, 0.15) is 28.4 Å². The van der Waals surface area contributed by atoms with E-state index in [2.05, 4.69) is 10.6 Å². The highest BCUT2D eigenvalue weighted by Gasteiger charge is 2.13. The molecule has 0 aliphatic carbocycles. The molecular weight excluding hydrogens is 380 g/mol. The summed E-state index contributed by atoms with van der Waals surface area (Å²) < 4.78 is 0. The Morgan fingerprint density at radius 1 is 0.867 bits per heavy atom. The number of aliphatic hydroxyl groups excluding tert-OH is 1. The molecule has 4 N–H and O–H groups in total. The standard InChI is InChI=1S/C24H24N2O4/c1-2-19-20(16-10-12-18(13-11-16)23(28)29)7-5-9-22(19)26-24(30)25-21-8-4-3-6-17(21)14-15-27/h3-13,27H,2,14-15H2,1H3,(H,28,29)(H2,25,26,30). The maximum Gasteiger partial charge on any atom is 0.335 e. The Balaban J connectivity index is 1.84. The highest BCUT2D eigenvalue weighted by atomic mass is 16.4. The van der Waals surface area contributed by atoms with Crippen molar-refractivity contribution in [2.45, 2.75) is 19.8 Å². The molecule has 0 radical (unpaired) electrons. The van der Waals surface area contributed by atoms with Crippen LogP contribution in [-0.4, -0.2) is 28.8 Å². The van der Waals surface area contributed by atoms with Crippen LogP contribution in [0.2, 0.25) is 0 Å². The number of amides is 2. The molecule has 0 bridgehead atoms. The number of urea groups is 1. The maximum atomic E-state index is 12.6. The Bertz CT molecular complexity index is 1050. The van der Waals surface area contributed by atoms with Crippen LogP contribution in [0.5, 0.6) is 0 Å². The molecule has 0 saturated heterocycles. The average Bonchev–Trinajstić information content (AvgIpc) is 2.75. The molecule has 154 valence electrons. The maximum absolute atomic E-state index is 12.6. The van der Waals surface area contributed by atoms with Crippen LogP contribution in [0.4, 0.5) is 16.2 Å². The number of nitrogens with one attached hydrogen (secondary N) is 2. The van der Waals surface area contributed by atoms with Gasteiger partial charge in [0.2, 0.25) is 0 Å². The fourth-order valence-corrected chi connectivity index (χ4v) is 3.40. The molecule has 3 aromatic carbocycles. The number of carbonyl (C=O) groups excluding carboxylic acids is 1. The largest absolute Gasteiger partial charge is 0.478 e. The van der Waals surface area contributed by atoms with E-state index in [-0.39, 0.29) is 18.2 Å². The minimum Gasteiger partial charge on any atom is -0.478 e. The number of carboxylic acids is 1. The smallest absolute Gasteiger partial charge is 0.335 e. The third kappa shape index (κ3) is 4.85. The molecule has 0 aliphatic heterocycles. The summed E-state index contributed by atoms with van der Waals surface area (Å²) in [6.45, 7) is 2.01. The van der Waals surface area contributed by atoms with Crippen LogP contribution < -0.4 is 10.6 Å². The molecule has 0 fully saturated rings. The van der Waals surface area contributed by atoms with Crippen LogP contribution in [0.3, 0.4) is 0 Å². The Hall–Kier alpha value is -3.64. The first kappa shape index (κ1) is 21.1. The summed E-state index contributed by atoms with van der Waals surface area (Å²) in [5.41, 5.74) is 5.21. The van der Waals surface area contributed by atoms with Crippen LogP contribution in [0, 0.1) is 0 Å². The molecule has 3 aromatic rings. The number of benzene rings is 3. The van der Waals surface area contributed by atoms with Gasteiger partial charge in [-0.2, -0.15) is 0 Å². The van der Waals surface area contributed by atoms with Crippen molar-refractivity contribution >= 4 is 23.4 Å². The SMILES string of the molecule is CCc1c(NC(=O)Nc2ccccc2CCO)cccc1-c1ccc(C(=O)O)cc1. The molecule has 2 amide bonds. The van der Waals surface area contributed by atoms with Crippen LogP contribution in [-0.2, 0) is 12.8 Å². The Labute approximate surface area is 175 Å². The van der Waals surface area contributed by atoms with E-state index < -0.39 is 5.97 Å². The normalized spacial score (nSPS) is 10.5. The van der Waals surface area contributed by atoms with Crippen LogP contribution >= 0.6 is 0 Å². The summed E-state index contributed by atoms with van der Waals surface area (Å²) in [6, 6.07) is 19.3. The van der Waals surface area contributed by atoms with Gasteiger partial charge in [0.25, 0.3) is 0 Å². The summed E-state index contributed by atoms with van der Waals surface area (Å²) in [5.74, 6) is -0.967. The Morgan fingerprint density at radius 3 is 2.20 bits per heavy atom. The molecule has 30 heavy (non-hydrogen) atoms. The molecule has 0 aromatic heterocycles. The van der Waals surface area contributed by atoms with E-state index in [0.29, 0.717) is 24.2 Å². The van der Waals surface area contributed by atoms with Crippen molar-refractivity contribution in [3.05, 3.63) is 83.4 Å². The van der Waals surface area contributed by atoms with Gasteiger partial charge in [-0.05, 0) is 59.4 Å². The number of aliphatic hydroxyl groups is 1. The zero-order chi connectivity index (χ0) is 21.5. The van der Waals surface area contributed by atoms with Gasteiger partial charge in [-0.3, -0.25) is 0 Å². The number of para-hydroxylation sites is 1. The number of hydrogen-bond donors (Lipinski definition) is 4. The van der Waals surface area contributed by atoms with E-state index in [4.69, 9.17) is 5.11 Å². The van der Waals surface area contributed by atoms with Gasteiger partial charge in [-0.1, -0.05) is 49.4 Å². The molecule has 0 heterocycles. The highest BCUT2D eigenvalue weighted by Crippen LogP contribution is 2.30. The van der Waals surface area contributed by atoms with Gasteiger partial charge in [0, 0.05) is 18.0 Å². The van der Waals surface area contributed by atoms with E-state index in [0.717, 1.165) is 22.3 Å². The monoisotopic (exact) mass is 404 g/mol. The third-order valence-electron chi connectivity index (χ3n) is 4.87. The molecule has 6 heteroatoms. The average molecular weight is 404 g/mol. The fourth-order valence-electron chi connectivity index (χ4n) is 3.40. The molecule has 0 saturated carbocycles. The number of anilines is 2. The van der Waals surface area contributed by atoms with E-state index in [1.54, 1.807) is 30.3 Å². The Morgan fingerprint density at radius 2 is 1.53 bits per heavy atom. The van der Waals surface area contributed by atoms with Crippen molar-refractivity contribution in [1.29, 1.82) is 0 Å². The lowest BCUT2D eigenvalue weighted by atomic mass is 9.95. The molecule has 0 spiro atoms. The zero-order valence-corrected chi connectivity index (χ0v) is 16.7. The third-order valence-corrected chi connectivity index (χ3v) is 4.87. The number of carbonyl (C=O) groups is 2. The van der Waals surface area contributed by atoms with Gasteiger partial charge >= 0.3 is 12.0 Å². The lowest BCUT2D eigenvalue weighted by molar-refractivity contribution is 0.0697. The molecular formula is C24H24N2O4. The van der Waals surface area contributed by atoms with E-state index in [1.807, 2.05) is 43.3 Å². The summed E-state index contributed by atoms with van der Waals surface area (Å²) in [4.78, 5) is 23.7. The second-order valence-electron chi connectivity index (χ2n) is 6.78. The second kappa shape index (κ2) is 9.71. The van der Waals surface area contributed by atoms with E-state index in [1.165, 1.54) is 0 Å². The predicted octanol–water partition coefficient (Wildman–Crippen LogP) is 4.79. The Kier molecular flexibility index (Phi) is 6.83. The number of aromatic carboxylic acids is 1. The van der Waals surface area contributed by atoms with Crippen LogP contribution in [0.15, 0.2) is 66.7 Å². The second-order valence-corrected chi connectivity index (χ2v) is 6.78.